The first-order valence-corrected chi connectivity index (χ1v) is 10.5. The summed E-state index contributed by atoms with van der Waals surface area (Å²) in [4.78, 5) is 32.5. The molecule has 2 aromatic rings. The van der Waals surface area contributed by atoms with Gasteiger partial charge in [-0.3, -0.25) is 14.6 Å². The van der Waals surface area contributed by atoms with Gasteiger partial charge in [-0.15, -0.1) is 5.10 Å². The quantitative estimate of drug-likeness (QED) is 0.413. The predicted octanol–water partition coefficient (Wildman–Crippen LogP) is 2.55. The molecule has 2 aliphatic heterocycles. The lowest BCUT2D eigenvalue weighted by Gasteiger charge is -2.31. The highest BCUT2D eigenvalue weighted by molar-refractivity contribution is 9.10. The maximum atomic E-state index is 13.0. The Kier molecular flexibility index (Phi) is 5.69. The molecule has 3 amide bonds. The number of fused-ring (bicyclic) bond motifs is 1. The number of hydrogen-bond donors (Lipinski definition) is 1. The molecule has 2 aromatic carbocycles. The molecule has 0 radical (unpaired) electrons. The van der Waals surface area contributed by atoms with E-state index in [2.05, 4.69) is 31.4 Å². The van der Waals surface area contributed by atoms with Gasteiger partial charge < -0.3 is 0 Å². The maximum Gasteiger partial charge on any atom is 0.414 e. The number of amides is 3. The molecule has 0 aliphatic carbocycles. The third-order valence-corrected chi connectivity index (χ3v) is 5.91. The molecule has 0 bridgehead atoms. The number of amidine groups is 1. The molecule has 31 heavy (non-hydrogen) atoms. The van der Waals surface area contributed by atoms with Crippen LogP contribution < -0.4 is 5.43 Å². The van der Waals surface area contributed by atoms with Crippen LogP contribution in [0.4, 0.5) is 4.79 Å². The molecule has 2 heterocycles. The summed E-state index contributed by atoms with van der Waals surface area (Å²) in [5.41, 5.74) is 6.04. The van der Waals surface area contributed by atoms with E-state index >= 15 is 0 Å². The fourth-order valence-corrected chi connectivity index (χ4v) is 3.80. The summed E-state index contributed by atoms with van der Waals surface area (Å²) in [6, 6.07) is 14.6. The summed E-state index contributed by atoms with van der Waals surface area (Å²) >= 11 is 3.41. The van der Waals surface area contributed by atoms with Crippen LogP contribution in [-0.2, 0) is 11.3 Å². The minimum atomic E-state index is -0.697. The number of likely N-dealkylation sites (N-methyl/N-ethyl adjacent to an activating group) is 2. The Labute approximate surface area is 188 Å². The van der Waals surface area contributed by atoms with Crippen molar-refractivity contribution in [2.45, 2.75) is 19.5 Å². The lowest BCUT2D eigenvalue weighted by molar-refractivity contribution is -0.553. The predicted molar refractivity (Wildman–Crippen MR) is 122 cm³/mol. The highest BCUT2D eigenvalue weighted by Crippen LogP contribution is 2.21. The number of hydrogen-bond acceptors (Lipinski definition) is 5. The number of carbonyl (C=O) groups is 2. The number of benzene rings is 2. The average Bonchev–Trinajstić information content (AvgIpc) is 3.12. The lowest BCUT2D eigenvalue weighted by Crippen LogP contribution is -2.61. The van der Waals surface area contributed by atoms with Crippen LogP contribution in [-0.4, -0.2) is 64.5 Å². The van der Waals surface area contributed by atoms with Gasteiger partial charge in [0.1, 0.15) is 0 Å². The number of guanidine groups is 1. The topological polar surface area (TPSA) is 80.4 Å². The molecule has 4 rings (SSSR count). The number of carbonyl (C=O) groups excluding carboxylic acids is 2. The summed E-state index contributed by atoms with van der Waals surface area (Å²) in [6.45, 7) is 2.47. The van der Waals surface area contributed by atoms with Crippen LogP contribution in [0.2, 0.25) is 0 Å². The Hall–Kier alpha value is -3.33. The average molecular weight is 482 g/mol. The van der Waals surface area contributed by atoms with E-state index in [0.717, 1.165) is 26.1 Å². The molecular formula is C22H22BrN6O2+. The number of aliphatic imine (C=N–C) groups is 1. The lowest BCUT2D eigenvalue weighted by atomic mass is 10.1. The van der Waals surface area contributed by atoms with Gasteiger partial charge in [-0.1, -0.05) is 57.3 Å². The molecule has 0 spiro atoms. The normalized spacial score (nSPS) is 18.7. The van der Waals surface area contributed by atoms with Gasteiger partial charge in [-0.2, -0.15) is 5.43 Å². The van der Waals surface area contributed by atoms with E-state index in [1.807, 2.05) is 60.0 Å². The number of halogens is 1. The van der Waals surface area contributed by atoms with Crippen LogP contribution in [0.15, 0.2) is 63.1 Å². The third-order valence-electron chi connectivity index (χ3n) is 5.38. The van der Waals surface area contributed by atoms with E-state index in [9.17, 15) is 9.59 Å². The number of nitrogens with one attached hydrogen (secondary N) is 1. The first-order chi connectivity index (χ1) is 14.9. The van der Waals surface area contributed by atoms with Crippen molar-refractivity contribution in [2.75, 3.05) is 14.1 Å². The zero-order valence-corrected chi connectivity index (χ0v) is 19.0. The standard InChI is InChI=1S/C22H21BrN6O2/c1-14-6-4-5-7-16(14)13-29-18-19(27(2)22(31)28(3)20(18)30)25-21(29)26-24-12-15-8-10-17(23)11-9-15/h4-12,18H,13H2,1-3H3/p+1/b24-12+. The number of nitrogens with zero attached hydrogens (tertiary/aromatic N) is 5. The van der Waals surface area contributed by atoms with Gasteiger partial charge in [-0.05, 0) is 35.7 Å². The third kappa shape index (κ3) is 4.00. The van der Waals surface area contributed by atoms with Gasteiger partial charge >= 0.3 is 12.0 Å². The fourth-order valence-electron chi connectivity index (χ4n) is 3.54. The molecular weight excluding hydrogens is 460 g/mol. The van der Waals surface area contributed by atoms with E-state index in [1.165, 1.54) is 11.9 Å². The van der Waals surface area contributed by atoms with Crippen LogP contribution in [0.1, 0.15) is 16.7 Å². The number of imide groups is 1. The molecule has 8 nitrogen and oxygen atoms in total. The minimum absolute atomic E-state index is 0.316. The summed E-state index contributed by atoms with van der Waals surface area (Å²) < 4.78 is 2.83. The fraction of sp³-hybridized carbons (Fsp3) is 0.227. The highest BCUT2D eigenvalue weighted by atomic mass is 79.9. The molecule has 0 aromatic heterocycles. The van der Waals surface area contributed by atoms with Gasteiger partial charge in [-0.25, -0.2) is 9.37 Å². The molecule has 0 saturated carbocycles. The van der Waals surface area contributed by atoms with E-state index in [1.54, 1.807) is 13.3 Å². The van der Waals surface area contributed by atoms with Crippen molar-refractivity contribution in [1.29, 1.82) is 0 Å². The van der Waals surface area contributed by atoms with Gasteiger partial charge in [0.05, 0.1) is 12.8 Å². The van der Waals surface area contributed by atoms with Crippen LogP contribution in [0.25, 0.3) is 0 Å². The summed E-state index contributed by atoms with van der Waals surface area (Å²) in [5.74, 6) is 0.493. The summed E-state index contributed by atoms with van der Waals surface area (Å²) in [6.07, 6.45) is 1.68. The Morgan fingerprint density at radius 1 is 1.13 bits per heavy atom. The van der Waals surface area contributed by atoms with Crippen molar-refractivity contribution in [3.8, 4) is 0 Å². The van der Waals surface area contributed by atoms with Crippen LogP contribution in [0.3, 0.4) is 0 Å². The largest absolute Gasteiger partial charge is 0.414 e. The number of rotatable bonds is 4. The van der Waals surface area contributed by atoms with Crippen LogP contribution >= 0.6 is 15.9 Å². The summed E-state index contributed by atoms with van der Waals surface area (Å²) in [5, 5.41) is 4.31. The van der Waals surface area contributed by atoms with Gasteiger partial charge in [0.2, 0.25) is 11.9 Å². The van der Waals surface area contributed by atoms with Crippen LogP contribution in [0.5, 0.6) is 0 Å². The molecule has 9 heteroatoms. The van der Waals surface area contributed by atoms with E-state index in [-0.39, 0.29) is 5.91 Å². The Morgan fingerprint density at radius 3 is 2.55 bits per heavy atom. The number of hydrazone groups is 1. The molecule has 1 saturated heterocycles. The van der Waals surface area contributed by atoms with Gasteiger partial charge in [0, 0.05) is 18.6 Å². The molecule has 1 N–H and O–H groups in total. The van der Waals surface area contributed by atoms with Crippen molar-refractivity contribution in [1.82, 2.24) is 15.2 Å². The second-order valence-electron chi connectivity index (χ2n) is 7.41. The molecule has 1 atom stereocenters. The zero-order chi connectivity index (χ0) is 22.1. The first-order valence-electron chi connectivity index (χ1n) is 9.73. The Morgan fingerprint density at radius 2 is 1.84 bits per heavy atom. The van der Waals surface area contributed by atoms with Crippen molar-refractivity contribution in [3.05, 3.63) is 69.7 Å². The molecule has 1 unspecified atom stereocenters. The van der Waals surface area contributed by atoms with E-state index < -0.39 is 12.1 Å². The monoisotopic (exact) mass is 481 g/mol. The smallest absolute Gasteiger partial charge is 0.270 e. The zero-order valence-electron chi connectivity index (χ0n) is 17.4. The van der Waals surface area contributed by atoms with Crippen molar-refractivity contribution < 1.29 is 14.2 Å². The molecule has 1 fully saturated rings. The van der Waals surface area contributed by atoms with Crippen molar-refractivity contribution >= 4 is 45.9 Å². The maximum absolute atomic E-state index is 13.0. The van der Waals surface area contributed by atoms with Crippen LogP contribution in [0, 0.1) is 6.92 Å². The summed E-state index contributed by atoms with van der Waals surface area (Å²) in [7, 11) is 3.11. The van der Waals surface area contributed by atoms with Gasteiger partial charge in [0.25, 0.3) is 5.91 Å². The van der Waals surface area contributed by atoms with Crippen molar-refractivity contribution in [2.24, 2.45) is 10.1 Å². The second-order valence-corrected chi connectivity index (χ2v) is 8.33. The SMILES string of the molecule is Cc1ccccc1C[N+]1=C(N/N=C/c2ccc(Br)cc2)N=C2C1C(=O)N(C)C(=O)N2C. The number of urea groups is 1. The Bertz CT molecular complexity index is 1140. The minimum Gasteiger partial charge on any atom is -0.270 e. The van der Waals surface area contributed by atoms with Crippen molar-refractivity contribution in [3.63, 3.8) is 0 Å². The number of aryl methyl sites for hydroxylation is 1. The van der Waals surface area contributed by atoms with E-state index in [4.69, 9.17) is 0 Å². The first kappa shape index (κ1) is 20.9. The Balaban J connectivity index is 1.69. The second kappa shape index (κ2) is 8.43. The molecule has 2 aliphatic rings. The van der Waals surface area contributed by atoms with E-state index in [0.29, 0.717) is 18.3 Å². The molecule has 158 valence electrons. The highest BCUT2D eigenvalue weighted by Gasteiger charge is 2.51. The van der Waals surface area contributed by atoms with Gasteiger partial charge in [0.15, 0.2) is 0 Å².